The van der Waals surface area contributed by atoms with Gasteiger partial charge in [0.15, 0.2) is 0 Å². The van der Waals surface area contributed by atoms with Crippen molar-refractivity contribution < 1.29 is 4.74 Å². The number of hydrogen-bond acceptors (Lipinski definition) is 2. The normalized spacial score (nSPS) is 24.1. The third-order valence-corrected chi connectivity index (χ3v) is 3.93. The van der Waals surface area contributed by atoms with Crippen molar-refractivity contribution in [1.29, 1.82) is 0 Å². The lowest BCUT2D eigenvalue weighted by molar-refractivity contribution is -0.00578. The van der Waals surface area contributed by atoms with Crippen LogP contribution in [0.5, 0.6) is 0 Å². The van der Waals surface area contributed by atoms with Gasteiger partial charge in [-0.15, -0.1) is 0 Å². The average molecular weight is 247 g/mol. The second-order valence-electron chi connectivity index (χ2n) is 5.52. The molecular formula is C16H25NO. The Labute approximate surface area is 111 Å². The zero-order valence-electron chi connectivity index (χ0n) is 11.4. The number of rotatable bonds is 5. The van der Waals surface area contributed by atoms with Crippen LogP contribution in [0.25, 0.3) is 0 Å². The first-order valence-corrected chi connectivity index (χ1v) is 7.22. The maximum absolute atomic E-state index is 6.02. The summed E-state index contributed by atoms with van der Waals surface area (Å²) in [5.41, 5.74) is 7.94. The predicted molar refractivity (Wildman–Crippen MR) is 76.5 cm³/mol. The minimum absolute atomic E-state index is 0.500. The van der Waals surface area contributed by atoms with E-state index in [4.69, 9.17) is 10.5 Å². The van der Waals surface area contributed by atoms with E-state index in [1.807, 2.05) is 12.1 Å². The molecule has 1 fully saturated rings. The molecule has 2 N–H and O–H groups in total. The molecule has 0 heterocycles. The summed E-state index contributed by atoms with van der Waals surface area (Å²) in [5.74, 6) is 0.742. The van der Waals surface area contributed by atoms with E-state index in [0.717, 1.165) is 31.1 Å². The van der Waals surface area contributed by atoms with Gasteiger partial charge in [0.25, 0.3) is 0 Å². The first-order chi connectivity index (χ1) is 8.75. The van der Waals surface area contributed by atoms with Crippen LogP contribution in [0.4, 0.5) is 5.69 Å². The molecular weight excluding hydrogens is 222 g/mol. The van der Waals surface area contributed by atoms with E-state index < -0.39 is 0 Å². The molecule has 0 spiro atoms. The van der Waals surface area contributed by atoms with E-state index in [-0.39, 0.29) is 0 Å². The van der Waals surface area contributed by atoms with Crippen molar-refractivity contribution in [1.82, 2.24) is 0 Å². The third kappa shape index (κ3) is 4.02. The Morgan fingerprint density at radius 1 is 1.28 bits per heavy atom. The van der Waals surface area contributed by atoms with Gasteiger partial charge >= 0.3 is 0 Å². The molecule has 0 amide bonds. The minimum Gasteiger partial charge on any atom is -0.399 e. The Bertz CT molecular complexity index is 364. The Morgan fingerprint density at radius 2 is 2.11 bits per heavy atom. The topological polar surface area (TPSA) is 35.2 Å². The van der Waals surface area contributed by atoms with Crippen molar-refractivity contribution in [3.63, 3.8) is 0 Å². The van der Waals surface area contributed by atoms with Crippen molar-refractivity contribution in [2.45, 2.75) is 51.6 Å². The van der Waals surface area contributed by atoms with Crippen molar-refractivity contribution in [2.75, 3.05) is 12.3 Å². The first kappa shape index (κ1) is 13.4. The molecule has 0 bridgehead atoms. The van der Waals surface area contributed by atoms with E-state index in [2.05, 4.69) is 19.1 Å². The van der Waals surface area contributed by atoms with Crippen LogP contribution >= 0.6 is 0 Å². The summed E-state index contributed by atoms with van der Waals surface area (Å²) in [5, 5.41) is 0. The highest BCUT2D eigenvalue weighted by atomic mass is 16.5. The summed E-state index contributed by atoms with van der Waals surface area (Å²) in [6.45, 7) is 3.20. The van der Waals surface area contributed by atoms with Crippen molar-refractivity contribution in [3.8, 4) is 0 Å². The fraction of sp³-hybridized carbons (Fsp3) is 0.625. The van der Waals surface area contributed by atoms with E-state index in [1.54, 1.807) is 0 Å². The van der Waals surface area contributed by atoms with Gasteiger partial charge in [-0.05, 0) is 49.3 Å². The Morgan fingerprint density at radius 3 is 2.89 bits per heavy atom. The van der Waals surface area contributed by atoms with Crippen molar-refractivity contribution >= 4 is 5.69 Å². The number of hydrogen-bond donors (Lipinski definition) is 1. The lowest BCUT2D eigenvalue weighted by Gasteiger charge is -2.28. The number of anilines is 1. The van der Waals surface area contributed by atoms with Gasteiger partial charge in [0, 0.05) is 12.3 Å². The largest absolute Gasteiger partial charge is 0.399 e. The zero-order chi connectivity index (χ0) is 12.8. The highest BCUT2D eigenvalue weighted by Gasteiger charge is 2.21. The molecule has 2 nitrogen and oxygen atoms in total. The van der Waals surface area contributed by atoms with Crippen LogP contribution in [0.3, 0.4) is 0 Å². The van der Waals surface area contributed by atoms with Crippen LogP contribution in [0.2, 0.25) is 0 Å². The monoisotopic (exact) mass is 247 g/mol. The molecule has 100 valence electrons. The van der Waals surface area contributed by atoms with Gasteiger partial charge in [-0.3, -0.25) is 0 Å². The first-order valence-electron chi connectivity index (χ1n) is 7.22. The maximum atomic E-state index is 6.02. The molecule has 1 aliphatic rings. The molecule has 0 aromatic heterocycles. The van der Waals surface area contributed by atoms with Crippen LogP contribution in [0.15, 0.2) is 24.3 Å². The summed E-state index contributed by atoms with van der Waals surface area (Å²) in [4.78, 5) is 0. The molecule has 1 aliphatic carbocycles. The lowest BCUT2D eigenvalue weighted by Crippen LogP contribution is -2.26. The maximum Gasteiger partial charge on any atom is 0.0600 e. The number of benzene rings is 1. The van der Waals surface area contributed by atoms with Gasteiger partial charge in [0.2, 0.25) is 0 Å². The molecule has 0 saturated heterocycles. The van der Waals surface area contributed by atoms with Gasteiger partial charge in [0.1, 0.15) is 0 Å². The summed E-state index contributed by atoms with van der Waals surface area (Å²) < 4.78 is 6.02. The Balaban J connectivity index is 1.66. The van der Waals surface area contributed by atoms with Crippen LogP contribution in [0, 0.1) is 5.92 Å². The molecule has 0 aliphatic heterocycles. The molecule has 1 saturated carbocycles. The van der Waals surface area contributed by atoms with Gasteiger partial charge in [-0.2, -0.15) is 0 Å². The quantitative estimate of drug-likeness (QED) is 0.634. The number of aryl methyl sites for hydroxylation is 1. The summed E-state index contributed by atoms with van der Waals surface area (Å²) in [6.07, 6.45) is 7.95. The van der Waals surface area contributed by atoms with E-state index in [0.29, 0.717) is 6.10 Å². The van der Waals surface area contributed by atoms with Gasteiger partial charge in [-0.25, -0.2) is 0 Å². The highest BCUT2D eigenvalue weighted by molar-refractivity contribution is 5.40. The summed E-state index contributed by atoms with van der Waals surface area (Å²) >= 11 is 0. The molecule has 1 aromatic rings. The van der Waals surface area contributed by atoms with E-state index in [1.165, 1.54) is 31.2 Å². The number of nitrogen functional groups attached to an aromatic ring is 1. The highest BCUT2D eigenvalue weighted by Crippen LogP contribution is 2.26. The molecule has 0 radical (unpaired) electrons. The Hall–Kier alpha value is -1.02. The third-order valence-electron chi connectivity index (χ3n) is 3.93. The van der Waals surface area contributed by atoms with Gasteiger partial charge in [-0.1, -0.05) is 31.9 Å². The number of nitrogens with two attached hydrogens (primary N) is 1. The van der Waals surface area contributed by atoms with Gasteiger partial charge in [0.05, 0.1) is 6.10 Å². The minimum atomic E-state index is 0.500. The average Bonchev–Trinajstić information content (AvgIpc) is 2.37. The lowest BCUT2D eigenvalue weighted by atomic mass is 9.88. The molecule has 2 heteroatoms. The second kappa shape index (κ2) is 6.79. The number of ether oxygens (including phenoxy) is 1. The van der Waals surface area contributed by atoms with Crippen molar-refractivity contribution in [3.05, 3.63) is 29.8 Å². The van der Waals surface area contributed by atoms with Crippen molar-refractivity contribution in [2.24, 2.45) is 5.92 Å². The summed E-state index contributed by atoms with van der Waals surface area (Å²) in [7, 11) is 0. The molecule has 2 atom stereocenters. The summed E-state index contributed by atoms with van der Waals surface area (Å²) in [6, 6.07) is 8.15. The fourth-order valence-corrected chi connectivity index (χ4v) is 2.79. The van der Waals surface area contributed by atoms with E-state index in [9.17, 15) is 0 Å². The molecule has 1 aromatic carbocycles. The van der Waals surface area contributed by atoms with Crippen LogP contribution in [-0.4, -0.2) is 12.7 Å². The Kier molecular flexibility index (Phi) is 5.06. The molecule has 2 rings (SSSR count). The van der Waals surface area contributed by atoms with E-state index >= 15 is 0 Å². The molecule has 18 heavy (non-hydrogen) atoms. The van der Waals surface area contributed by atoms with Crippen LogP contribution in [-0.2, 0) is 11.2 Å². The smallest absolute Gasteiger partial charge is 0.0600 e. The standard InChI is InChI=1S/C16H25NO/c1-13-6-2-3-10-16(13)18-11-5-8-14-7-4-9-15(17)12-14/h4,7,9,12-13,16H,2-3,5-6,8,10-11,17H2,1H3. The predicted octanol–water partition coefficient (Wildman–Crippen LogP) is 3.80. The second-order valence-corrected chi connectivity index (χ2v) is 5.52. The zero-order valence-corrected chi connectivity index (χ0v) is 11.4. The SMILES string of the molecule is CC1CCCCC1OCCCc1cccc(N)c1. The van der Waals surface area contributed by atoms with Gasteiger partial charge < -0.3 is 10.5 Å². The van der Waals surface area contributed by atoms with Crippen LogP contribution < -0.4 is 5.73 Å². The van der Waals surface area contributed by atoms with Crippen LogP contribution in [0.1, 0.15) is 44.6 Å². The fourth-order valence-electron chi connectivity index (χ4n) is 2.79. The molecule has 2 unspecified atom stereocenters.